The maximum atomic E-state index is 12.3. The molecule has 20 heavy (non-hydrogen) atoms. The van der Waals surface area contributed by atoms with E-state index in [9.17, 15) is 14.7 Å². The van der Waals surface area contributed by atoms with E-state index in [1.54, 1.807) is 50.4 Å². The number of carboxylic acids is 1. The van der Waals surface area contributed by atoms with Crippen LogP contribution in [0, 0.1) is 13.8 Å². The average molecular weight is 270 g/mol. The summed E-state index contributed by atoms with van der Waals surface area (Å²) in [6.45, 7) is 3.37. The molecular weight excluding hydrogens is 256 g/mol. The fourth-order valence-corrected chi connectivity index (χ4v) is 1.99. The smallest absolute Gasteiger partial charge is 0.336 e. The van der Waals surface area contributed by atoms with Crippen LogP contribution in [0.1, 0.15) is 31.8 Å². The molecule has 2 rings (SSSR count). The Morgan fingerprint density at radius 3 is 2.25 bits per heavy atom. The van der Waals surface area contributed by atoms with E-state index in [1.165, 1.54) is 0 Å². The molecule has 0 saturated carbocycles. The number of amides is 1. The zero-order valence-corrected chi connectivity index (χ0v) is 11.2. The van der Waals surface area contributed by atoms with Gasteiger partial charge in [-0.15, -0.1) is 0 Å². The first-order valence-electron chi connectivity index (χ1n) is 6.06. The molecule has 2 aromatic rings. The largest absolute Gasteiger partial charge is 0.478 e. The van der Waals surface area contributed by atoms with Gasteiger partial charge in [-0.1, -0.05) is 18.2 Å². The molecule has 1 amide bonds. The SMILES string of the molecule is Cc1ccc(C)c(C(=O)Nc2ccccn2)c1C(=O)O. The zero-order chi connectivity index (χ0) is 14.7. The van der Waals surface area contributed by atoms with Gasteiger partial charge in [-0.2, -0.15) is 0 Å². The summed E-state index contributed by atoms with van der Waals surface area (Å²) in [5.74, 6) is -1.20. The van der Waals surface area contributed by atoms with Crippen molar-refractivity contribution in [2.45, 2.75) is 13.8 Å². The van der Waals surface area contributed by atoms with Crippen LogP contribution in [0.4, 0.5) is 5.82 Å². The van der Waals surface area contributed by atoms with E-state index in [0.717, 1.165) is 0 Å². The van der Waals surface area contributed by atoms with Gasteiger partial charge < -0.3 is 10.4 Å². The summed E-state index contributed by atoms with van der Waals surface area (Å²) in [5.41, 5.74) is 1.36. The molecule has 0 atom stereocenters. The van der Waals surface area contributed by atoms with Crippen molar-refractivity contribution < 1.29 is 14.7 Å². The van der Waals surface area contributed by atoms with Crippen LogP contribution in [-0.4, -0.2) is 22.0 Å². The molecule has 1 aromatic carbocycles. The molecule has 102 valence electrons. The van der Waals surface area contributed by atoms with Crippen molar-refractivity contribution >= 4 is 17.7 Å². The monoisotopic (exact) mass is 270 g/mol. The maximum Gasteiger partial charge on any atom is 0.336 e. The lowest BCUT2D eigenvalue weighted by Crippen LogP contribution is -2.19. The number of pyridine rings is 1. The first-order valence-corrected chi connectivity index (χ1v) is 6.06. The van der Waals surface area contributed by atoms with E-state index in [4.69, 9.17) is 0 Å². The molecule has 1 heterocycles. The van der Waals surface area contributed by atoms with Crippen LogP contribution < -0.4 is 5.32 Å². The minimum Gasteiger partial charge on any atom is -0.478 e. The predicted octanol–water partition coefficient (Wildman–Crippen LogP) is 2.65. The van der Waals surface area contributed by atoms with Crippen LogP contribution in [0.3, 0.4) is 0 Å². The number of benzene rings is 1. The predicted molar refractivity (Wildman–Crippen MR) is 75.1 cm³/mol. The quantitative estimate of drug-likeness (QED) is 0.898. The Labute approximate surface area is 116 Å². The first-order chi connectivity index (χ1) is 9.50. The van der Waals surface area contributed by atoms with E-state index in [1.807, 2.05) is 0 Å². The Balaban J connectivity index is 2.44. The number of carbonyl (C=O) groups is 2. The molecule has 0 aliphatic rings. The molecule has 1 aromatic heterocycles. The van der Waals surface area contributed by atoms with E-state index >= 15 is 0 Å². The molecule has 0 bridgehead atoms. The van der Waals surface area contributed by atoms with E-state index in [0.29, 0.717) is 16.9 Å². The number of aromatic nitrogens is 1. The summed E-state index contributed by atoms with van der Waals surface area (Å²) >= 11 is 0. The van der Waals surface area contributed by atoms with Gasteiger partial charge in [-0.3, -0.25) is 4.79 Å². The van der Waals surface area contributed by atoms with Gasteiger partial charge in [-0.05, 0) is 37.1 Å². The van der Waals surface area contributed by atoms with Gasteiger partial charge in [0.25, 0.3) is 5.91 Å². The third kappa shape index (κ3) is 2.66. The number of carboxylic acid groups (broad SMARTS) is 1. The highest BCUT2D eigenvalue weighted by Crippen LogP contribution is 2.20. The molecule has 0 radical (unpaired) electrons. The van der Waals surface area contributed by atoms with Crippen molar-refractivity contribution in [2.24, 2.45) is 0 Å². The number of anilines is 1. The standard InChI is InChI=1S/C15H14N2O3/c1-9-6-7-10(2)13(15(19)20)12(9)14(18)17-11-5-3-4-8-16-11/h3-8H,1-2H3,(H,19,20)(H,16,17,18). The number of hydrogen-bond acceptors (Lipinski definition) is 3. The Morgan fingerprint density at radius 1 is 1.05 bits per heavy atom. The van der Waals surface area contributed by atoms with Gasteiger partial charge >= 0.3 is 5.97 Å². The van der Waals surface area contributed by atoms with E-state index in [2.05, 4.69) is 10.3 Å². The van der Waals surface area contributed by atoms with Crippen molar-refractivity contribution in [1.82, 2.24) is 4.98 Å². The number of aromatic carboxylic acids is 1. The highest BCUT2D eigenvalue weighted by Gasteiger charge is 2.21. The van der Waals surface area contributed by atoms with Crippen LogP contribution in [0.25, 0.3) is 0 Å². The second-order valence-electron chi connectivity index (χ2n) is 4.42. The highest BCUT2D eigenvalue weighted by atomic mass is 16.4. The van der Waals surface area contributed by atoms with E-state index < -0.39 is 11.9 Å². The summed E-state index contributed by atoms with van der Waals surface area (Å²) in [5, 5.41) is 11.9. The van der Waals surface area contributed by atoms with Gasteiger partial charge in [0, 0.05) is 6.20 Å². The van der Waals surface area contributed by atoms with Crippen molar-refractivity contribution in [3.05, 3.63) is 58.8 Å². The third-order valence-electron chi connectivity index (χ3n) is 2.97. The fourth-order valence-electron chi connectivity index (χ4n) is 1.99. The Hall–Kier alpha value is -2.69. The normalized spacial score (nSPS) is 10.1. The molecule has 0 unspecified atom stereocenters. The van der Waals surface area contributed by atoms with Crippen molar-refractivity contribution in [1.29, 1.82) is 0 Å². The molecule has 0 fully saturated rings. The van der Waals surface area contributed by atoms with Gasteiger partial charge in [0.15, 0.2) is 0 Å². The van der Waals surface area contributed by atoms with Gasteiger partial charge in [0.2, 0.25) is 0 Å². The number of carbonyl (C=O) groups excluding carboxylic acids is 1. The van der Waals surface area contributed by atoms with Gasteiger partial charge in [0.05, 0.1) is 11.1 Å². The first kappa shape index (κ1) is 13.7. The Bertz CT molecular complexity index is 666. The van der Waals surface area contributed by atoms with E-state index in [-0.39, 0.29) is 11.1 Å². The van der Waals surface area contributed by atoms with Crippen molar-refractivity contribution in [3.8, 4) is 0 Å². The molecular formula is C15H14N2O3. The van der Waals surface area contributed by atoms with Crippen LogP contribution in [0.15, 0.2) is 36.5 Å². The summed E-state index contributed by atoms with van der Waals surface area (Å²) in [6.07, 6.45) is 1.55. The lowest BCUT2D eigenvalue weighted by atomic mass is 9.96. The molecule has 0 spiro atoms. The number of nitrogens with one attached hydrogen (secondary N) is 1. The minimum absolute atomic E-state index is 0.0263. The molecule has 0 aliphatic heterocycles. The number of nitrogens with zero attached hydrogens (tertiary/aromatic N) is 1. The molecule has 2 N–H and O–H groups in total. The second kappa shape index (κ2) is 5.52. The van der Waals surface area contributed by atoms with Crippen LogP contribution in [0.5, 0.6) is 0 Å². The van der Waals surface area contributed by atoms with Gasteiger partial charge in [-0.25, -0.2) is 9.78 Å². The Kier molecular flexibility index (Phi) is 3.79. The maximum absolute atomic E-state index is 12.3. The highest BCUT2D eigenvalue weighted by molar-refractivity contribution is 6.11. The fraction of sp³-hybridized carbons (Fsp3) is 0.133. The van der Waals surface area contributed by atoms with Crippen LogP contribution in [0.2, 0.25) is 0 Å². The number of hydrogen-bond donors (Lipinski definition) is 2. The van der Waals surface area contributed by atoms with Crippen LogP contribution >= 0.6 is 0 Å². The molecule has 0 saturated heterocycles. The summed E-state index contributed by atoms with van der Waals surface area (Å²) in [7, 11) is 0. The topological polar surface area (TPSA) is 79.3 Å². The lowest BCUT2D eigenvalue weighted by Gasteiger charge is -2.12. The minimum atomic E-state index is -1.11. The van der Waals surface area contributed by atoms with Gasteiger partial charge in [0.1, 0.15) is 5.82 Å². The van der Waals surface area contributed by atoms with Crippen LogP contribution in [-0.2, 0) is 0 Å². The number of rotatable bonds is 3. The summed E-state index contributed by atoms with van der Waals surface area (Å²) < 4.78 is 0. The summed E-state index contributed by atoms with van der Waals surface area (Å²) in [4.78, 5) is 27.6. The lowest BCUT2D eigenvalue weighted by molar-refractivity contribution is 0.0691. The molecule has 0 aliphatic carbocycles. The number of aryl methyl sites for hydroxylation is 2. The zero-order valence-electron chi connectivity index (χ0n) is 11.2. The summed E-state index contributed by atoms with van der Waals surface area (Å²) in [6, 6.07) is 8.54. The third-order valence-corrected chi connectivity index (χ3v) is 2.97. The average Bonchev–Trinajstić information content (AvgIpc) is 2.41. The van der Waals surface area contributed by atoms with Crippen molar-refractivity contribution in [2.75, 3.05) is 5.32 Å². The Morgan fingerprint density at radius 2 is 1.70 bits per heavy atom. The molecule has 5 nitrogen and oxygen atoms in total. The molecule has 5 heteroatoms. The second-order valence-corrected chi connectivity index (χ2v) is 4.42. The van der Waals surface area contributed by atoms with Crippen molar-refractivity contribution in [3.63, 3.8) is 0 Å².